The van der Waals surface area contributed by atoms with E-state index in [-0.39, 0.29) is 23.1 Å². The average Bonchev–Trinajstić information content (AvgIpc) is 3.21. The number of aromatic nitrogens is 4. The summed E-state index contributed by atoms with van der Waals surface area (Å²) in [5, 5.41) is 12.5. The molecule has 3 aromatic rings. The van der Waals surface area contributed by atoms with Crippen LogP contribution in [0.5, 0.6) is 0 Å². The van der Waals surface area contributed by atoms with Gasteiger partial charge in [0.1, 0.15) is 6.33 Å². The maximum absolute atomic E-state index is 11.4. The third-order valence-electron chi connectivity index (χ3n) is 3.48. The molecule has 3 rings (SSSR count). The third-order valence-corrected chi connectivity index (χ3v) is 3.48. The Morgan fingerprint density at radius 2 is 1.75 bits per heavy atom. The Morgan fingerprint density at radius 3 is 2.29 bits per heavy atom. The van der Waals surface area contributed by atoms with Crippen molar-refractivity contribution in [3.05, 3.63) is 59.2 Å². The molecule has 0 radical (unpaired) electrons. The van der Waals surface area contributed by atoms with Gasteiger partial charge in [-0.3, -0.25) is 0 Å². The van der Waals surface area contributed by atoms with Crippen LogP contribution in [0, 0.1) is 0 Å². The molecule has 146 valence electrons. The van der Waals surface area contributed by atoms with E-state index in [1.165, 1.54) is 20.5 Å². The first kappa shape index (κ1) is 20.5. The fourth-order valence-electron chi connectivity index (χ4n) is 2.07. The zero-order valence-electron chi connectivity index (χ0n) is 15.0. The molecule has 28 heavy (non-hydrogen) atoms. The van der Waals surface area contributed by atoms with E-state index >= 15 is 0 Å². The quantitative estimate of drug-likeness (QED) is 0.605. The van der Waals surface area contributed by atoms with Crippen molar-refractivity contribution >= 4 is 23.7 Å². The predicted molar refractivity (Wildman–Crippen MR) is 94.8 cm³/mol. The summed E-state index contributed by atoms with van der Waals surface area (Å²) in [7, 11) is 2.55. The van der Waals surface area contributed by atoms with Crippen molar-refractivity contribution in [2.24, 2.45) is 5.73 Å². The van der Waals surface area contributed by atoms with Gasteiger partial charge in [0.15, 0.2) is 11.4 Å². The van der Waals surface area contributed by atoms with Crippen LogP contribution in [-0.2, 0) is 16.0 Å². The normalized spacial score (nSPS) is 9.96. The van der Waals surface area contributed by atoms with Gasteiger partial charge in [0.05, 0.1) is 19.8 Å². The standard InChI is InChI=1S/C9H11NO2.C8H6N4O4/c1-12-9(11)8-4-2-7(6-10)3-5-8;1-16-7(15)5-2-4(6(13)14)11-8-9-3-10-12(5)8/h2-5H,6,10H2,1H3;2-3H,1H3,(H,13,14). The molecule has 0 amide bonds. The number of hydrogen-bond donors (Lipinski definition) is 2. The largest absolute Gasteiger partial charge is 0.477 e. The van der Waals surface area contributed by atoms with Crippen molar-refractivity contribution in [3.8, 4) is 0 Å². The monoisotopic (exact) mass is 387 g/mol. The Balaban J connectivity index is 0.000000209. The highest BCUT2D eigenvalue weighted by atomic mass is 16.5. The van der Waals surface area contributed by atoms with Gasteiger partial charge >= 0.3 is 17.9 Å². The Morgan fingerprint density at radius 1 is 1.11 bits per heavy atom. The molecule has 0 saturated carbocycles. The van der Waals surface area contributed by atoms with Crippen molar-refractivity contribution < 1.29 is 29.0 Å². The molecule has 2 heterocycles. The summed E-state index contributed by atoms with van der Waals surface area (Å²) in [6.45, 7) is 0.488. The van der Waals surface area contributed by atoms with Gasteiger partial charge in [-0.1, -0.05) is 12.1 Å². The number of fused-ring (bicyclic) bond motifs is 1. The molecule has 0 fully saturated rings. The lowest BCUT2D eigenvalue weighted by Crippen LogP contribution is -2.13. The van der Waals surface area contributed by atoms with Crippen LogP contribution in [0.25, 0.3) is 5.78 Å². The summed E-state index contributed by atoms with van der Waals surface area (Å²) >= 11 is 0. The first-order chi connectivity index (χ1) is 13.4. The minimum Gasteiger partial charge on any atom is -0.477 e. The number of carboxylic acid groups (broad SMARTS) is 1. The predicted octanol–water partition coefficient (Wildman–Crippen LogP) is 0.541. The van der Waals surface area contributed by atoms with Gasteiger partial charge in [0, 0.05) is 12.6 Å². The highest BCUT2D eigenvalue weighted by Gasteiger charge is 2.17. The van der Waals surface area contributed by atoms with E-state index in [0.29, 0.717) is 12.1 Å². The minimum absolute atomic E-state index is 0.0281. The molecule has 11 nitrogen and oxygen atoms in total. The van der Waals surface area contributed by atoms with Gasteiger partial charge in [-0.15, -0.1) is 0 Å². The van der Waals surface area contributed by atoms with Crippen molar-refractivity contribution in [1.82, 2.24) is 19.6 Å². The van der Waals surface area contributed by atoms with Crippen LogP contribution in [0.15, 0.2) is 36.7 Å². The smallest absolute Gasteiger partial charge is 0.356 e. The molecule has 0 unspecified atom stereocenters. The minimum atomic E-state index is -1.25. The molecule has 0 atom stereocenters. The maximum Gasteiger partial charge on any atom is 0.356 e. The number of carboxylic acids is 1. The lowest BCUT2D eigenvalue weighted by atomic mass is 10.1. The van der Waals surface area contributed by atoms with E-state index in [4.69, 9.17) is 10.8 Å². The van der Waals surface area contributed by atoms with Gasteiger partial charge in [-0.2, -0.15) is 14.6 Å². The van der Waals surface area contributed by atoms with Gasteiger partial charge in [0.25, 0.3) is 5.78 Å². The van der Waals surface area contributed by atoms with Gasteiger partial charge in [-0.05, 0) is 17.7 Å². The van der Waals surface area contributed by atoms with Crippen molar-refractivity contribution in [1.29, 1.82) is 0 Å². The van der Waals surface area contributed by atoms with E-state index in [2.05, 4.69) is 24.5 Å². The first-order valence-electron chi connectivity index (χ1n) is 7.81. The Hall–Kier alpha value is -3.86. The van der Waals surface area contributed by atoms with Crippen LogP contribution in [0.1, 0.15) is 36.9 Å². The Bertz CT molecular complexity index is 999. The SMILES string of the molecule is COC(=O)c1cc(C(=O)O)nc2ncnn12.COC(=O)c1ccc(CN)cc1. The molecular weight excluding hydrogens is 370 g/mol. The Kier molecular flexibility index (Phi) is 6.71. The van der Waals surface area contributed by atoms with Crippen LogP contribution < -0.4 is 5.73 Å². The second-order valence-corrected chi connectivity index (χ2v) is 5.19. The molecule has 0 aliphatic rings. The molecule has 0 saturated heterocycles. The van der Waals surface area contributed by atoms with Gasteiger partial charge in [-0.25, -0.2) is 19.4 Å². The topological polar surface area (TPSA) is 159 Å². The highest BCUT2D eigenvalue weighted by molar-refractivity contribution is 5.92. The number of ether oxygens (including phenoxy) is 2. The van der Waals surface area contributed by atoms with E-state index in [0.717, 1.165) is 16.1 Å². The number of nitrogens with zero attached hydrogens (tertiary/aromatic N) is 4. The number of hydrogen-bond acceptors (Lipinski definition) is 9. The molecule has 2 aromatic heterocycles. The number of esters is 2. The number of rotatable bonds is 4. The summed E-state index contributed by atoms with van der Waals surface area (Å²) in [4.78, 5) is 40.5. The second-order valence-electron chi connectivity index (χ2n) is 5.19. The third kappa shape index (κ3) is 4.65. The maximum atomic E-state index is 11.4. The molecule has 0 spiro atoms. The van der Waals surface area contributed by atoms with E-state index in [1.807, 2.05) is 12.1 Å². The molecule has 0 aliphatic heterocycles. The number of carbonyl (C=O) groups is 3. The number of aromatic carboxylic acids is 1. The van der Waals surface area contributed by atoms with Gasteiger partial charge < -0.3 is 20.3 Å². The number of nitrogens with two attached hydrogens (primary N) is 1. The molecule has 11 heteroatoms. The van der Waals surface area contributed by atoms with Gasteiger partial charge in [0.2, 0.25) is 0 Å². The zero-order valence-corrected chi connectivity index (χ0v) is 15.0. The summed E-state index contributed by atoms with van der Waals surface area (Å²) < 4.78 is 10.1. The second kappa shape index (κ2) is 9.19. The van der Waals surface area contributed by atoms with Crippen LogP contribution in [0.2, 0.25) is 0 Å². The zero-order chi connectivity index (χ0) is 20.7. The highest BCUT2D eigenvalue weighted by Crippen LogP contribution is 2.07. The molecule has 0 bridgehead atoms. The first-order valence-corrected chi connectivity index (χ1v) is 7.81. The summed E-state index contributed by atoms with van der Waals surface area (Å²) in [5.74, 6) is -2.25. The van der Waals surface area contributed by atoms with Crippen molar-refractivity contribution in [3.63, 3.8) is 0 Å². The molecule has 0 aliphatic carbocycles. The van der Waals surface area contributed by atoms with Crippen molar-refractivity contribution in [2.75, 3.05) is 14.2 Å². The van der Waals surface area contributed by atoms with Crippen LogP contribution in [0.3, 0.4) is 0 Å². The van der Waals surface area contributed by atoms with E-state index in [9.17, 15) is 14.4 Å². The van der Waals surface area contributed by atoms with Crippen LogP contribution in [-0.4, -0.2) is 56.8 Å². The lowest BCUT2D eigenvalue weighted by Gasteiger charge is -2.02. The summed E-state index contributed by atoms with van der Waals surface area (Å²) in [6.07, 6.45) is 1.17. The lowest BCUT2D eigenvalue weighted by molar-refractivity contribution is 0.0585. The van der Waals surface area contributed by atoms with E-state index < -0.39 is 11.9 Å². The number of methoxy groups -OCH3 is 2. The number of carbonyl (C=O) groups excluding carboxylic acids is 2. The molecule has 3 N–H and O–H groups in total. The average molecular weight is 387 g/mol. The fourth-order valence-corrected chi connectivity index (χ4v) is 2.07. The molecule has 1 aromatic carbocycles. The van der Waals surface area contributed by atoms with Crippen LogP contribution >= 0.6 is 0 Å². The fraction of sp³-hybridized carbons (Fsp3) is 0.176. The Labute approximate surface area is 158 Å². The summed E-state index contributed by atoms with van der Waals surface area (Å²) in [6, 6.07) is 8.11. The van der Waals surface area contributed by atoms with Crippen molar-refractivity contribution in [2.45, 2.75) is 6.54 Å². The summed E-state index contributed by atoms with van der Waals surface area (Å²) in [5.41, 5.74) is 6.62. The number of benzene rings is 1. The molecular formula is C17H17N5O6. The van der Waals surface area contributed by atoms with Crippen LogP contribution in [0.4, 0.5) is 0 Å². The van der Waals surface area contributed by atoms with E-state index in [1.54, 1.807) is 12.1 Å².